The molecule has 4 rings (SSSR count). The molecule has 8 nitrogen and oxygen atoms in total. The first kappa shape index (κ1) is 21.5. The molecule has 0 radical (unpaired) electrons. The Bertz CT molecular complexity index is 1110. The number of carbonyl (C=O) groups is 2. The number of aryl methyl sites for hydroxylation is 1. The van der Waals surface area contributed by atoms with Gasteiger partial charge in [0.05, 0.1) is 23.5 Å². The van der Waals surface area contributed by atoms with Gasteiger partial charge in [0, 0.05) is 31.7 Å². The van der Waals surface area contributed by atoms with Crippen LogP contribution >= 0.6 is 0 Å². The van der Waals surface area contributed by atoms with E-state index in [1.165, 1.54) is 36.9 Å². The molecule has 1 fully saturated rings. The lowest BCUT2D eigenvalue weighted by molar-refractivity contribution is 0.0592. The van der Waals surface area contributed by atoms with Crippen molar-refractivity contribution in [1.29, 1.82) is 0 Å². The van der Waals surface area contributed by atoms with Crippen molar-refractivity contribution in [1.82, 2.24) is 30.2 Å². The molecule has 2 aromatic heterocycles. The minimum Gasteiger partial charge on any atom is -0.348 e. The number of rotatable bonds is 5. The predicted octanol–water partition coefficient (Wildman–Crippen LogP) is 3.01. The van der Waals surface area contributed by atoms with Gasteiger partial charge in [-0.2, -0.15) is 0 Å². The molecule has 1 aliphatic rings. The summed E-state index contributed by atoms with van der Waals surface area (Å²) in [6, 6.07) is 5.65. The average Bonchev–Trinajstić information content (AvgIpc) is 2.83. The van der Waals surface area contributed by atoms with Gasteiger partial charge in [-0.15, -0.1) is 0 Å². The topological polar surface area (TPSA) is 101 Å². The van der Waals surface area contributed by atoms with Crippen molar-refractivity contribution in [2.75, 3.05) is 6.54 Å². The number of carbonyl (C=O) groups excluding carboxylic acids is 2. The van der Waals surface area contributed by atoms with E-state index in [-0.39, 0.29) is 35.9 Å². The number of benzene rings is 1. The van der Waals surface area contributed by atoms with Crippen molar-refractivity contribution >= 4 is 11.8 Å². The van der Waals surface area contributed by atoms with Crippen molar-refractivity contribution in [3.8, 4) is 0 Å². The second-order valence-electron chi connectivity index (χ2n) is 7.64. The Morgan fingerprint density at radius 1 is 1.12 bits per heavy atom. The molecule has 0 bridgehead atoms. The minimum absolute atomic E-state index is 0.204. The highest BCUT2D eigenvalue weighted by molar-refractivity contribution is 5.95. The SMILES string of the molecule is Cc1nc([C@H]2CCCCN2C(=O)c2cnccn2)ncc1C(=O)NCc1ccc(F)cc1. The van der Waals surface area contributed by atoms with Gasteiger partial charge < -0.3 is 10.2 Å². The van der Waals surface area contributed by atoms with Crippen LogP contribution in [0, 0.1) is 12.7 Å². The number of piperidine rings is 1. The highest BCUT2D eigenvalue weighted by Crippen LogP contribution is 2.30. The second-order valence-corrected chi connectivity index (χ2v) is 7.64. The van der Waals surface area contributed by atoms with Crippen LogP contribution in [0.2, 0.25) is 0 Å². The molecule has 3 aromatic rings. The summed E-state index contributed by atoms with van der Waals surface area (Å²) in [6.45, 7) is 2.60. The molecule has 2 amide bonds. The van der Waals surface area contributed by atoms with Gasteiger partial charge in [-0.3, -0.25) is 14.6 Å². The Balaban J connectivity index is 1.49. The van der Waals surface area contributed by atoms with Crippen LogP contribution < -0.4 is 5.32 Å². The van der Waals surface area contributed by atoms with Gasteiger partial charge in [0.15, 0.2) is 5.82 Å². The second kappa shape index (κ2) is 9.59. The number of hydrogen-bond acceptors (Lipinski definition) is 6. The maximum atomic E-state index is 13.0. The standard InChI is InChI=1S/C23H23FN6O2/c1-15-18(22(31)28-12-16-5-7-17(24)8-6-16)13-27-21(29-15)20-4-2-3-11-30(20)23(32)19-14-25-9-10-26-19/h5-10,13-14,20H,2-4,11-12H2,1H3,(H,28,31)/t20-/m1/s1. The van der Waals surface area contributed by atoms with Crippen molar-refractivity contribution in [3.63, 3.8) is 0 Å². The van der Waals surface area contributed by atoms with E-state index in [4.69, 9.17) is 0 Å². The molecule has 1 atom stereocenters. The summed E-state index contributed by atoms with van der Waals surface area (Å²) in [5, 5.41) is 2.80. The number of nitrogens with zero attached hydrogens (tertiary/aromatic N) is 5. The third-order valence-corrected chi connectivity index (χ3v) is 5.45. The van der Waals surface area contributed by atoms with E-state index in [1.54, 1.807) is 24.0 Å². The molecule has 1 saturated heterocycles. The van der Waals surface area contributed by atoms with Gasteiger partial charge in [0.25, 0.3) is 11.8 Å². The average molecular weight is 434 g/mol. The fourth-order valence-electron chi connectivity index (χ4n) is 3.75. The lowest BCUT2D eigenvalue weighted by Gasteiger charge is -2.34. The number of hydrogen-bond donors (Lipinski definition) is 1. The third-order valence-electron chi connectivity index (χ3n) is 5.45. The summed E-state index contributed by atoms with van der Waals surface area (Å²) in [5.74, 6) is -0.330. The summed E-state index contributed by atoms with van der Waals surface area (Å²) in [6.07, 6.45) is 8.55. The summed E-state index contributed by atoms with van der Waals surface area (Å²) in [5.41, 5.74) is 1.96. The van der Waals surface area contributed by atoms with Gasteiger partial charge in [-0.25, -0.2) is 19.3 Å². The van der Waals surface area contributed by atoms with Crippen molar-refractivity contribution in [3.05, 3.63) is 83.2 Å². The first-order valence-electron chi connectivity index (χ1n) is 10.5. The van der Waals surface area contributed by atoms with E-state index in [0.717, 1.165) is 24.8 Å². The van der Waals surface area contributed by atoms with Crippen molar-refractivity contribution in [2.24, 2.45) is 0 Å². The van der Waals surface area contributed by atoms with E-state index in [2.05, 4.69) is 25.3 Å². The van der Waals surface area contributed by atoms with E-state index in [9.17, 15) is 14.0 Å². The van der Waals surface area contributed by atoms with Gasteiger partial charge >= 0.3 is 0 Å². The molecule has 32 heavy (non-hydrogen) atoms. The van der Waals surface area contributed by atoms with Crippen molar-refractivity contribution in [2.45, 2.75) is 38.8 Å². The monoisotopic (exact) mass is 434 g/mol. The van der Waals surface area contributed by atoms with Crippen LogP contribution in [0.3, 0.4) is 0 Å². The van der Waals surface area contributed by atoms with Gasteiger partial charge in [0.1, 0.15) is 11.5 Å². The molecular weight excluding hydrogens is 411 g/mol. The van der Waals surface area contributed by atoms with Crippen LogP contribution in [0.4, 0.5) is 4.39 Å². The van der Waals surface area contributed by atoms with E-state index >= 15 is 0 Å². The molecule has 1 aromatic carbocycles. The number of aromatic nitrogens is 4. The predicted molar refractivity (Wildman–Crippen MR) is 114 cm³/mol. The number of halogens is 1. The third kappa shape index (κ3) is 4.77. The Kier molecular flexibility index (Phi) is 6.44. The van der Waals surface area contributed by atoms with Crippen LogP contribution in [0.25, 0.3) is 0 Å². The molecule has 1 N–H and O–H groups in total. The molecule has 9 heteroatoms. The largest absolute Gasteiger partial charge is 0.348 e. The Morgan fingerprint density at radius 2 is 1.94 bits per heavy atom. The quantitative estimate of drug-likeness (QED) is 0.663. The Hall–Kier alpha value is -3.75. The summed E-state index contributed by atoms with van der Waals surface area (Å²) in [4.78, 5) is 44.4. The first-order chi connectivity index (χ1) is 15.5. The molecule has 1 aliphatic heterocycles. The fraction of sp³-hybridized carbons (Fsp3) is 0.304. The molecule has 164 valence electrons. The van der Waals surface area contributed by atoms with E-state index in [1.807, 2.05) is 0 Å². The van der Waals surface area contributed by atoms with Crippen LogP contribution in [0.1, 0.15) is 63.2 Å². The van der Waals surface area contributed by atoms with Crippen molar-refractivity contribution < 1.29 is 14.0 Å². The van der Waals surface area contributed by atoms with Crippen LogP contribution in [-0.2, 0) is 6.54 Å². The maximum absolute atomic E-state index is 13.0. The van der Waals surface area contributed by atoms with Gasteiger partial charge in [0.2, 0.25) is 0 Å². The maximum Gasteiger partial charge on any atom is 0.274 e. The summed E-state index contributed by atoms with van der Waals surface area (Å²) >= 11 is 0. The number of nitrogens with one attached hydrogen (secondary N) is 1. The Morgan fingerprint density at radius 3 is 2.66 bits per heavy atom. The van der Waals surface area contributed by atoms with Gasteiger partial charge in [-0.1, -0.05) is 12.1 Å². The molecule has 0 saturated carbocycles. The summed E-state index contributed by atoms with van der Waals surface area (Å²) in [7, 11) is 0. The molecule has 3 heterocycles. The van der Waals surface area contributed by atoms with Gasteiger partial charge in [-0.05, 0) is 43.9 Å². The number of amides is 2. The fourth-order valence-corrected chi connectivity index (χ4v) is 3.75. The molecule has 0 aliphatic carbocycles. The first-order valence-corrected chi connectivity index (χ1v) is 10.5. The minimum atomic E-state index is -0.325. The van der Waals surface area contributed by atoms with Crippen LogP contribution in [0.15, 0.2) is 49.1 Å². The summed E-state index contributed by atoms with van der Waals surface area (Å²) < 4.78 is 13.0. The smallest absolute Gasteiger partial charge is 0.274 e. The molecular formula is C23H23FN6O2. The van der Waals surface area contributed by atoms with E-state index in [0.29, 0.717) is 23.6 Å². The highest BCUT2D eigenvalue weighted by atomic mass is 19.1. The van der Waals surface area contributed by atoms with Crippen LogP contribution in [0.5, 0.6) is 0 Å². The zero-order chi connectivity index (χ0) is 22.5. The van der Waals surface area contributed by atoms with E-state index < -0.39 is 0 Å². The zero-order valence-corrected chi connectivity index (χ0v) is 17.7. The lowest BCUT2D eigenvalue weighted by atomic mass is 10.0. The molecule has 0 spiro atoms. The highest BCUT2D eigenvalue weighted by Gasteiger charge is 2.31. The zero-order valence-electron chi connectivity index (χ0n) is 17.7. The molecule has 0 unspecified atom stereocenters. The Labute approximate surface area is 185 Å². The number of likely N-dealkylation sites (tertiary alicyclic amines) is 1. The van der Waals surface area contributed by atoms with Crippen LogP contribution in [-0.4, -0.2) is 43.2 Å². The normalized spacial score (nSPS) is 15.9. The lowest BCUT2D eigenvalue weighted by Crippen LogP contribution is -2.40.